The number of nitrogens with zero attached hydrogens (tertiary/aromatic N) is 5. The third-order valence-corrected chi connectivity index (χ3v) is 8.62. The van der Waals surface area contributed by atoms with Crippen molar-refractivity contribution in [1.82, 2.24) is 14.9 Å². The van der Waals surface area contributed by atoms with E-state index in [4.69, 9.17) is 21.1 Å². The van der Waals surface area contributed by atoms with Crippen molar-refractivity contribution in [3.8, 4) is 11.5 Å². The number of fused-ring (bicyclic) bond motifs is 5. The SMILES string of the molecule is COc1cc(N2CCN(C)CC2)c2cc1Nc1ncc(Cl)c(n1)Nc1ccc(cc1N(C)S(C)(=O)=O)OCCC2. The van der Waals surface area contributed by atoms with Gasteiger partial charge in [-0.15, -0.1) is 0 Å². The predicted molar refractivity (Wildman–Crippen MR) is 160 cm³/mol. The summed E-state index contributed by atoms with van der Waals surface area (Å²) in [6, 6.07) is 9.42. The smallest absolute Gasteiger partial charge is 0.232 e. The summed E-state index contributed by atoms with van der Waals surface area (Å²) in [5, 5.41) is 6.74. The van der Waals surface area contributed by atoms with Crippen molar-refractivity contribution in [1.29, 1.82) is 0 Å². The van der Waals surface area contributed by atoms with Gasteiger partial charge in [-0.05, 0) is 43.7 Å². The highest BCUT2D eigenvalue weighted by Gasteiger charge is 2.22. The molecule has 0 amide bonds. The van der Waals surface area contributed by atoms with Crippen LogP contribution in [0.1, 0.15) is 12.0 Å². The van der Waals surface area contributed by atoms with Gasteiger partial charge in [0.05, 0.1) is 43.2 Å². The molecule has 3 aliphatic rings. The summed E-state index contributed by atoms with van der Waals surface area (Å²) < 4.78 is 37.9. The lowest BCUT2D eigenvalue weighted by atomic mass is 10.0. The second-order valence-electron chi connectivity index (χ2n) is 9.97. The van der Waals surface area contributed by atoms with E-state index >= 15 is 0 Å². The van der Waals surface area contributed by atoms with Crippen LogP contribution in [-0.4, -0.2) is 83.5 Å². The number of hydrogen-bond acceptors (Lipinski definition) is 10. The molecule has 4 heterocycles. The number of methoxy groups -OCH3 is 1. The summed E-state index contributed by atoms with van der Waals surface area (Å²) in [6.07, 6.45) is 4.16. The molecule has 214 valence electrons. The van der Waals surface area contributed by atoms with Crippen molar-refractivity contribution >= 4 is 56.1 Å². The molecule has 1 aromatic heterocycles. The standard InChI is InChI=1S/C27H34ClN7O4S/c1-33-9-11-35(12-10-33)23-16-25(38-3)22-14-18(23)6-5-13-39-19-7-8-21(24(15-19)34(2)40(4,36)37)30-26-20(28)17-29-27(31-22)32-26/h7-8,14-17H,5-6,9-13H2,1-4H3,(H2,29,30,31,32). The van der Waals surface area contributed by atoms with Gasteiger partial charge in [0.2, 0.25) is 16.0 Å². The summed E-state index contributed by atoms with van der Waals surface area (Å²) >= 11 is 6.46. The first-order valence-corrected chi connectivity index (χ1v) is 15.3. The van der Waals surface area contributed by atoms with Crippen LogP contribution in [0.2, 0.25) is 5.02 Å². The summed E-state index contributed by atoms with van der Waals surface area (Å²) in [5.74, 6) is 1.87. The number of rotatable bonds is 4. The lowest BCUT2D eigenvalue weighted by Gasteiger charge is -2.35. The molecule has 0 aliphatic carbocycles. The Morgan fingerprint density at radius 1 is 1.10 bits per heavy atom. The number of benzene rings is 2. The van der Waals surface area contributed by atoms with E-state index in [9.17, 15) is 8.42 Å². The topological polar surface area (TPSA) is 112 Å². The summed E-state index contributed by atoms with van der Waals surface area (Å²) in [4.78, 5) is 13.7. The summed E-state index contributed by atoms with van der Waals surface area (Å²) in [7, 11) is 1.72. The maximum atomic E-state index is 12.4. The number of halogens is 1. The second-order valence-corrected chi connectivity index (χ2v) is 12.4. The molecule has 0 radical (unpaired) electrons. The lowest BCUT2D eigenvalue weighted by Crippen LogP contribution is -2.44. The quantitative estimate of drug-likeness (QED) is 0.463. The van der Waals surface area contributed by atoms with Crippen LogP contribution >= 0.6 is 11.6 Å². The van der Waals surface area contributed by atoms with Crippen LogP contribution in [-0.2, 0) is 16.4 Å². The Labute approximate surface area is 240 Å². The Bertz CT molecular complexity index is 1500. The van der Waals surface area contributed by atoms with Gasteiger partial charge in [-0.3, -0.25) is 4.31 Å². The minimum atomic E-state index is -3.55. The van der Waals surface area contributed by atoms with Crippen LogP contribution in [0, 0.1) is 0 Å². The number of anilines is 6. The zero-order valence-corrected chi connectivity index (χ0v) is 24.6. The van der Waals surface area contributed by atoms with Crippen molar-refractivity contribution in [2.45, 2.75) is 12.8 Å². The number of ether oxygens (including phenoxy) is 2. The fraction of sp³-hybridized carbons (Fsp3) is 0.407. The van der Waals surface area contributed by atoms with Gasteiger partial charge in [-0.25, -0.2) is 13.4 Å². The first kappa shape index (κ1) is 28.1. The highest BCUT2D eigenvalue weighted by Crippen LogP contribution is 2.38. The van der Waals surface area contributed by atoms with Crippen molar-refractivity contribution < 1.29 is 17.9 Å². The van der Waals surface area contributed by atoms with E-state index in [-0.39, 0.29) is 5.02 Å². The monoisotopic (exact) mass is 587 g/mol. The normalized spacial score (nSPS) is 16.1. The number of sulfonamides is 1. The predicted octanol–water partition coefficient (Wildman–Crippen LogP) is 4.10. The van der Waals surface area contributed by atoms with Crippen molar-refractivity contribution in [3.05, 3.63) is 47.1 Å². The fourth-order valence-corrected chi connectivity index (χ4v) is 5.43. The molecule has 2 aromatic carbocycles. The Hall–Kier alpha value is -3.48. The molecule has 40 heavy (non-hydrogen) atoms. The van der Waals surface area contributed by atoms with Gasteiger partial charge in [0.1, 0.15) is 16.5 Å². The highest BCUT2D eigenvalue weighted by molar-refractivity contribution is 7.92. The zero-order chi connectivity index (χ0) is 28.4. The molecule has 3 aliphatic heterocycles. The van der Waals surface area contributed by atoms with Crippen LogP contribution in [0.15, 0.2) is 36.5 Å². The summed E-state index contributed by atoms with van der Waals surface area (Å²) in [5.41, 5.74) is 3.93. The van der Waals surface area contributed by atoms with Gasteiger partial charge in [-0.2, -0.15) is 4.98 Å². The van der Waals surface area contributed by atoms with E-state index in [0.717, 1.165) is 62.2 Å². The molecule has 0 saturated carbocycles. The second kappa shape index (κ2) is 11.6. The molecule has 11 nitrogen and oxygen atoms in total. The van der Waals surface area contributed by atoms with Gasteiger partial charge in [0.25, 0.3) is 0 Å². The average Bonchev–Trinajstić information content (AvgIpc) is 2.92. The third kappa shape index (κ3) is 6.13. The van der Waals surface area contributed by atoms with Crippen molar-refractivity contribution in [2.24, 2.45) is 0 Å². The van der Waals surface area contributed by atoms with E-state index < -0.39 is 10.0 Å². The molecule has 3 aromatic rings. The van der Waals surface area contributed by atoms with Crippen LogP contribution < -0.4 is 29.3 Å². The van der Waals surface area contributed by atoms with Gasteiger partial charge in [0.15, 0.2) is 5.82 Å². The molecule has 1 fully saturated rings. The maximum absolute atomic E-state index is 12.4. The van der Waals surface area contributed by atoms with E-state index in [0.29, 0.717) is 41.2 Å². The van der Waals surface area contributed by atoms with Gasteiger partial charge >= 0.3 is 0 Å². The number of nitrogens with one attached hydrogen (secondary N) is 2. The van der Waals surface area contributed by atoms with Gasteiger partial charge in [-0.1, -0.05) is 11.6 Å². The van der Waals surface area contributed by atoms with E-state index in [1.54, 1.807) is 25.3 Å². The number of aromatic nitrogens is 2. The molecule has 0 spiro atoms. The molecular weight excluding hydrogens is 554 g/mol. The zero-order valence-electron chi connectivity index (χ0n) is 23.1. The Morgan fingerprint density at radius 2 is 1.88 bits per heavy atom. The first-order valence-electron chi connectivity index (χ1n) is 13.0. The van der Waals surface area contributed by atoms with Gasteiger partial charge in [0, 0.05) is 51.0 Å². The third-order valence-electron chi connectivity index (χ3n) is 7.15. The Morgan fingerprint density at radius 3 is 2.60 bits per heavy atom. The molecule has 0 atom stereocenters. The van der Waals surface area contributed by atoms with E-state index in [1.807, 2.05) is 0 Å². The number of piperazine rings is 1. The van der Waals surface area contributed by atoms with Crippen LogP contribution in [0.4, 0.5) is 34.5 Å². The van der Waals surface area contributed by atoms with Crippen LogP contribution in [0.5, 0.6) is 11.5 Å². The fourth-order valence-electron chi connectivity index (χ4n) is 4.78. The number of likely N-dealkylation sites (N-methyl/N-ethyl adjacent to an activating group) is 1. The van der Waals surface area contributed by atoms with Crippen LogP contribution in [0.25, 0.3) is 0 Å². The Kier molecular flexibility index (Phi) is 8.11. The first-order chi connectivity index (χ1) is 19.1. The Balaban J connectivity index is 1.58. The lowest BCUT2D eigenvalue weighted by molar-refractivity contribution is 0.309. The number of hydrogen-bond donors (Lipinski definition) is 2. The highest BCUT2D eigenvalue weighted by atomic mass is 35.5. The largest absolute Gasteiger partial charge is 0.494 e. The molecular formula is C27H34ClN7O4S. The van der Waals surface area contributed by atoms with E-state index in [1.165, 1.54) is 17.5 Å². The molecule has 6 rings (SSSR count). The summed E-state index contributed by atoms with van der Waals surface area (Å²) in [6.45, 7) is 4.28. The van der Waals surface area contributed by atoms with E-state index in [2.05, 4.69) is 49.6 Å². The molecule has 13 heteroatoms. The average molecular weight is 588 g/mol. The van der Waals surface area contributed by atoms with Crippen molar-refractivity contribution in [3.63, 3.8) is 0 Å². The minimum Gasteiger partial charge on any atom is -0.494 e. The molecule has 1 saturated heterocycles. The minimum absolute atomic E-state index is 0.276. The van der Waals surface area contributed by atoms with Gasteiger partial charge < -0.3 is 29.9 Å². The molecule has 0 unspecified atom stereocenters. The molecule has 2 N–H and O–H groups in total. The van der Waals surface area contributed by atoms with Crippen molar-refractivity contribution in [2.75, 3.05) is 80.1 Å². The van der Waals surface area contributed by atoms with Crippen LogP contribution in [0.3, 0.4) is 0 Å². The number of aryl methyl sites for hydroxylation is 1. The maximum Gasteiger partial charge on any atom is 0.232 e. The molecule has 6 bridgehead atoms.